The van der Waals surface area contributed by atoms with E-state index in [9.17, 15) is 4.79 Å². The fourth-order valence-corrected chi connectivity index (χ4v) is 1.45. The van der Waals surface area contributed by atoms with Crippen molar-refractivity contribution in [3.63, 3.8) is 0 Å². The summed E-state index contributed by atoms with van der Waals surface area (Å²) in [6, 6.07) is -0.237. The van der Waals surface area contributed by atoms with Gasteiger partial charge in [0.05, 0.1) is 6.20 Å². The van der Waals surface area contributed by atoms with Crippen LogP contribution in [0.2, 0.25) is 0 Å². The van der Waals surface area contributed by atoms with Gasteiger partial charge in [-0.3, -0.25) is 4.79 Å². The highest BCUT2D eigenvalue weighted by molar-refractivity contribution is 5.80. The molecular weight excluding hydrogens is 170 g/mol. The van der Waals surface area contributed by atoms with Gasteiger partial charge < -0.3 is 11.1 Å². The first kappa shape index (κ1) is 8.03. The number of nitrogens with zero attached hydrogens (tertiary/aromatic N) is 3. The first-order valence-corrected chi connectivity index (χ1v) is 4.22. The molecule has 6 nitrogen and oxygen atoms in total. The van der Waals surface area contributed by atoms with Gasteiger partial charge in [0.2, 0.25) is 5.91 Å². The number of nitrogens with two attached hydrogens (primary N) is 1. The predicted octanol–water partition coefficient (Wildman–Crippen LogP) is -0.689. The quantitative estimate of drug-likeness (QED) is 0.600. The molecule has 2 heterocycles. The van der Waals surface area contributed by atoms with E-state index in [1.165, 1.54) is 4.68 Å². The summed E-state index contributed by atoms with van der Waals surface area (Å²) in [5, 5.41) is 10.2. The first-order valence-electron chi connectivity index (χ1n) is 4.22. The molecule has 6 heteroatoms. The van der Waals surface area contributed by atoms with Crippen molar-refractivity contribution in [1.29, 1.82) is 0 Å². The Morgan fingerprint density at radius 1 is 1.69 bits per heavy atom. The van der Waals surface area contributed by atoms with Crippen LogP contribution in [0, 0.1) is 0 Å². The molecule has 1 aromatic heterocycles. The second kappa shape index (κ2) is 3.04. The Hall–Kier alpha value is -1.59. The molecular formula is C7H11N5O. The maximum Gasteiger partial charge on any atom is 0.244 e. The van der Waals surface area contributed by atoms with Crippen molar-refractivity contribution in [1.82, 2.24) is 20.3 Å². The van der Waals surface area contributed by atoms with Gasteiger partial charge in [-0.1, -0.05) is 5.21 Å². The van der Waals surface area contributed by atoms with Crippen molar-refractivity contribution in [2.24, 2.45) is 0 Å². The molecule has 0 aromatic carbocycles. The molecule has 1 unspecified atom stereocenters. The minimum atomic E-state index is -0.237. The predicted molar refractivity (Wildman–Crippen MR) is 45.7 cm³/mol. The second-order valence-corrected chi connectivity index (χ2v) is 3.07. The zero-order valence-corrected chi connectivity index (χ0v) is 7.10. The first-order chi connectivity index (χ1) is 6.27. The molecule has 0 spiro atoms. The van der Waals surface area contributed by atoms with Crippen molar-refractivity contribution in [3.05, 3.63) is 6.20 Å². The van der Waals surface area contributed by atoms with Crippen LogP contribution in [0.25, 0.3) is 0 Å². The smallest absolute Gasteiger partial charge is 0.244 e. The number of amides is 1. The lowest BCUT2D eigenvalue weighted by Gasteiger charge is -2.21. The normalized spacial score (nSPS) is 22.8. The van der Waals surface area contributed by atoms with E-state index in [4.69, 9.17) is 5.73 Å². The van der Waals surface area contributed by atoms with Gasteiger partial charge in [-0.2, -0.15) is 0 Å². The third kappa shape index (κ3) is 1.47. The SMILES string of the molecule is Nc1cn(C2CCCNC2=O)nn1. The zero-order chi connectivity index (χ0) is 9.26. The molecule has 0 radical (unpaired) electrons. The molecule has 1 aliphatic heterocycles. The highest BCUT2D eigenvalue weighted by Gasteiger charge is 2.24. The number of rotatable bonds is 1. The highest BCUT2D eigenvalue weighted by atomic mass is 16.2. The van der Waals surface area contributed by atoms with Gasteiger partial charge in [0.25, 0.3) is 0 Å². The molecule has 1 fully saturated rings. The van der Waals surface area contributed by atoms with E-state index < -0.39 is 0 Å². The maximum absolute atomic E-state index is 11.4. The number of hydrogen-bond donors (Lipinski definition) is 2. The molecule has 3 N–H and O–H groups in total. The van der Waals surface area contributed by atoms with Crippen LogP contribution in [0.4, 0.5) is 5.82 Å². The van der Waals surface area contributed by atoms with Crippen LogP contribution in [0.15, 0.2) is 6.20 Å². The molecule has 1 amide bonds. The Labute approximate surface area is 75.1 Å². The van der Waals surface area contributed by atoms with E-state index in [0.717, 1.165) is 19.4 Å². The summed E-state index contributed by atoms with van der Waals surface area (Å²) in [4.78, 5) is 11.4. The number of nitrogen functional groups attached to an aromatic ring is 1. The molecule has 1 saturated heterocycles. The second-order valence-electron chi connectivity index (χ2n) is 3.07. The van der Waals surface area contributed by atoms with Gasteiger partial charge in [0.1, 0.15) is 6.04 Å². The minimum absolute atomic E-state index is 0.00356. The summed E-state index contributed by atoms with van der Waals surface area (Å²) in [5.74, 6) is 0.342. The Balaban J connectivity index is 2.19. The molecule has 0 bridgehead atoms. The lowest BCUT2D eigenvalue weighted by atomic mass is 10.1. The van der Waals surface area contributed by atoms with Gasteiger partial charge in [-0.05, 0) is 12.8 Å². The molecule has 2 rings (SSSR count). The monoisotopic (exact) mass is 181 g/mol. The number of piperidine rings is 1. The molecule has 13 heavy (non-hydrogen) atoms. The number of anilines is 1. The van der Waals surface area contributed by atoms with E-state index >= 15 is 0 Å². The molecule has 1 aliphatic rings. The van der Waals surface area contributed by atoms with E-state index in [2.05, 4.69) is 15.6 Å². The number of carbonyl (C=O) groups excluding carboxylic acids is 1. The number of carbonyl (C=O) groups is 1. The minimum Gasteiger partial charge on any atom is -0.381 e. The molecule has 1 atom stereocenters. The number of nitrogens with one attached hydrogen (secondary N) is 1. The summed E-state index contributed by atoms with van der Waals surface area (Å²) >= 11 is 0. The van der Waals surface area contributed by atoms with Crippen molar-refractivity contribution < 1.29 is 4.79 Å². The van der Waals surface area contributed by atoms with Gasteiger partial charge in [-0.15, -0.1) is 5.10 Å². The topological polar surface area (TPSA) is 85.8 Å². The van der Waals surface area contributed by atoms with Crippen LogP contribution < -0.4 is 11.1 Å². The summed E-state index contributed by atoms with van der Waals surface area (Å²) in [6.45, 7) is 0.750. The lowest BCUT2D eigenvalue weighted by molar-refractivity contribution is -0.126. The van der Waals surface area contributed by atoms with E-state index in [1.54, 1.807) is 6.20 Å². The average Bonchev–Trinajstić information content (AvgIpc) is 2.53. The van der Waals surface area contributed by atoms with Gasteiger partial charge >= 0.3 is 0 Å². The fourth-order valence-electron chi connectivity index (χ4n) is 1.45. The third-order valence-electron chi connectivity index (χ3n) is 2.10. The fraction of sp³-hybridized carbons (Fsp3) is 0.571. The maximum atomic E-state index is 11.4. The molecule has 0 aliphatic carbocycles. The van der Waals surface area contributed by atoms with Gasteiger partial charge in [0.15, 0.2) is 5.82 Å². The number of aromatic nitrogens is 3. The molecule has 0 saturated carbocycles. The Morgan fingerprint density at radius 2 is 2.54 bits per heavy atom. The van der Waals surface area contributed by atoms with Crippen LogP contribution in [0.5, 0.6) is 0 Å². The lowest BCUT2D eigenvalue weighted by Crippen LogP contribution is -2.38. The van der Waals surface area contributed by atoms with Crippen LogP contribution in [0.1, 0.15) is 18.9 Å². The van der Waals surface area contributed by atoms with Crippen LogP contribution >= 0.6 is 0 Å². The van der Waals surface area contributed by atoms with Crippen LogP contribution in [-0.2, 0) is 4.79 Å². The Kier molecular flexibility index (Phi) is 1.88. The Morgan fingerprint density at radius 3 is 3.15 bits per heavy atom. The van der Waals surface area contributed by atoms with E-state index in [-0.39, 0.29) is 11.9 Å². The van der Waals surface area contributed by atoms with E-state index in [0.29, 0.717) is 5.82 Å². The van der Waals surface area contributed by atoms with Crippen molar-refractivity contribution in [2.45, 2.75) is 18.9 Å². The summed E-state index contributed by atoms with van der Waals surface area (Å²) in [6.07, 6.45) is 3.35. The summed E-state index contributed by atoms with van der Waals surface area (Å²) in [5.41, 5.74) is 5.40. The standard InChI is InChI=1S/C7H11N5O/c8-6-4-12(11-10-6)5-2-1-3-9-7(5)13/h4-5H,1-3,8H2,(H,9,13). The Bertz CT molecular complexity index is 320. The van der Waals surface area contributed by atoms with Crippen molar-refractivity contribution in [2.75, 3.05) is 12.3 Å². The van der Waals surface area contributed by atoms with Crippen molar-refractivity contribution >= 4 is 11.7 Å². The van der Waals surface area contributed by atoms with Crippen LogP contribution in [0.3, 0.4) is 0 Å². The summed E-state index contributed by atoms with van der Waals surface area (Å²) < 4.78 is 1.52. The zero-order valence-electron chi connectivity index (χ0n) is 7.10. The molecule has 70 valence electrons. The summed E-state index contributed by atoms with van der Waals surface area (Å²) in [7, 11) is 0. The highest BCUT2D eigenvalue weighted by Crippen LogP contribution is 2.16. The van der Waals surface area contributed by atoms with Gasteiger partial charge in [-0.25, -0.2) is 4.68 Å². The van der Waals surface area contributed by atoms with Gasteiger partial charge in [0, 0.05) is 6.54 Å². The average molecular weight is 181 g/mol. The molecule has 1 aromatic rings. The van der Waals surface area contributed by atoms with Crippen molar-refractivity contribution in [3.8, 4) is 0 Å². The third-order valence-corrected chi connectivity index (χ3v) is 2.10. The van der Waals surface area contributed by atoms with Crippen LogP contribution in [-0.4, -0.2) is 27.4 Å². The van der Waals surface area contributed by atoms with E-state index in [1.807, 2.05) is 0 Å². The largest absolute Gasteiger partial charge is 0.381 e. The number of hydrogen-bond acceptors (Lipinski definition) is 4.